The van der Waals surface area contributed by atoms with E-state index in [1.165, 1.54) is 12.8 Å². The van der Waals surface area contributed by atoms with E-state index in [2.05, 4.69) is 27.1 Å². The molecule has 244 valence electrons. The first kappa shape index (κ1) is 29.7. The first-order valence-corrected chi connectivity index (χ1v) is 16.7. The molecule has 2 bridgehead atoms. The van der Waals surface area contributed by atoms with Gasteiger partial charge in [0.15, 0.2) is 5.88 Å². The fourth-order valence-electron chi connectivity index (χ4n) is 7.62. The van der Waals surface area contributed by atoms with Crippen molar-refractivity contribution >= 4 is 28.5 Å². The van der Waals surface area contributed by atoms with Crippen molar-refractivity contribution < 1.29 is 14.3 Å². The molecule has 3 aliphatic rings. The zero-order chi connectivity index (χ0) is 32.6. The predicted molar refractivity (Wildman–Crippen MR) is 177 cm³/mol. The second kappa shape index (κ2) is 11.2. The molecule has 12 nitrogen and oxygen atoms in total. The van der Waals surface area contributed by atoms with E-state index in [9.17, 15) is 9.59 Å². The van der Waals surface area contributed by atoms with Gasteiger partial charge in [0.25, 0.3) is 11.8 Å². The number of aryl methyl sites for hydroxylation is 2. The topological polar surface area (TPSA) is 138 Å². The molecule has 5 aromatic rings. The standard InChI is InChI=1S/C35H41N9O3/c1-5-41-18-24(16-37-41)34(45)38-19(2)27-10-8-22-12-29(42(33(22)39-27)17-21-6-7-21)32-20(3)43-30(40-32)13-23(14-31(43)47-4)35(46)44-25-9-11-28(44)26(36)15-25/h8,10,12-14,16,18-19,21,25-26,28H,5-7,9,11,15,17,36H2,1-4H3,(H,38,45)/t19-,25+,26-,28-/m1/s1. The summed E-state index contributed by atoms with van der Waals surface area (Å²) in [6, 6.07) is 9.93. The van der Waals surface area contributed by atoms with Crippen molar-refractivity contribution in [1.29, 1.82) is 0 Å². The summed E-state index contributed by atoms with van der Waals surface area (Å²) in [4.78, 5) is 39.0. The number of fused-ring (bicyclic) bond motifs is 4. The van der Waals surface area contributed by atoms with Gasteiger partial charge in [0, 0.05) is 54.4 Å². The molecule has 0 spiro atoms. The van der Waals surface area contributed by atoms with E-state index in [1.54, 1.807) is 24.2 Å². The highest BCUT2D eigenvalue weighted by Gasteiger charge is 2.47. The lowest BCUT2D eigenvalue weighted by Crippen LogP contribution is -2.40. The lowest BCUT2D eigenvalue weighted by atomic mass is 9.97. The SMILES string of the molecule is CCn1cc(C(=O)N[C@H](C)c2ccc3cc(-c4nc5cc(C(=O)N6[C@H]7CC[C@@H]6[C@H](N)C7)cc(OC)n5c4C)n(CC4CC4)c3n2)cn1. The van der Waals surface area contributed by atoms with Crippen molar-refractivity contribution in [3.63, 3.8) is 0 Å². The van der Waals surface area contributed by atoms with Crippen LogP contribution in [-0.2, 0) is 13.1 Å². The van der Waals surface area contributed by atoms with Crippen LogP contribution in [0.25, 0.3) is 28.1 Å². The number of pyridine rings is 2. The number of nitrogens with two attached hydrogens (primary N) is 1. The molecule has 3 N–H and O–H groups in total. The highest BCUT2D eigenvalue weighted by Crippen LogP contribution is 2.40. The number of amides is 2. The van der Waals surface area contributed by atoms with Crippen molar-refractivity contribution in [2.24, 2.45) is 11.7 Å². The normalized spacial score (nSPS) is 21.2. The van der Waals surface area contributed by atoms with Gasteiger partial charge in [-0.25, -0.2) is 9.97 Å². The maximum Gasteiger partial charge on any atom is 0.254 e. The zero-order valence-electron chi connectivity index (χ0n) is 27.3. The van der Waals surface area contributed by atoms with Crippen molar-refractivity contribution in [2.75, 3.05) is 7.11 Å². The number of methoxy groups -OCH3 is 1. The maximum absolute atomic E-state index is 13.8. The molecular weight excluding hydrogens is 594 g/mol. The van der Waals surface area contributed by atoms with E-state index in [4.69, 9.17) is 20.4 Å². The van der Waals surface area contributed by atoms with Crippen LogP contribution < -0.4 is 15.8 Å². The Balaban J connectivity index is 1.16. The predicted octanol–water partition coefficient (Wildman–Crippen LogP) is 4.49. The molecular formula is C35H41N9O3. The smallest absolute Gasteiger partial charge is 0.254 e. The number of imidazole rings is 1. The third-order valence-electron chi connectivity index (χ3n) is 10.3. The molecule has 12 heteroatoms. The number of carbonyl (C=O) groups excluding carboxylic acids is 2. The Morgan fingerprint density at radius 3 is 2.62 bits per heavy atom. The lowest BCUT2D eigenvalue weighted by molar-refractivity contribution is 0.0725. The van der Waals surface area contributed by atoms with Crippen LogP contribution in [0.2, 0.25) is 0 Å². The van der Waals surface area contributed by atoms with Crippen LogP contribution in [0.5, 0.6) is 5.88 Å². The molecule has 47 heavy (non-hydrogen) atoms. The van der Waals surface area contributed by atoms with Crippen LogP contribution in [0.15, 0.2) is 42.7 Å². The number of rotatable bonds is 9. The zero-order valence-corrected chi connectivity index (χ0v) is 27.3. The summed E-state index contributed by atoms with van der Waals surface area (Å²) in [6.45, 7) is 7.50. The second-order valence-corrected chi connectivity index (χ2v) is 13.4. The molecule has 7 heterocycles. The van der Waals surface area contributed by atoms with Gasteiger partial charge in [0.05, 0.1) is 42.0 Å². The Kier molecular flexibility index (Phi) is 7.08. The molecule has 4 atom stereocenters. The van der Waals surface area contributed by atoms with Gasteiger partial charge in [-0.15, -0.1) is 0 Å². The molecule has 3 fully saturated rings. The summed E-state index contributed by atoms with van der Waals surface area (Å²) in [6.07, 6.45) is 8.53. The van der Waals surface area contributed by atoms with Crippen LogP contribution in [0.1, 0.15) is 84.1 Å². The van der Waals surface area contributed by atoms with Crippen molar-refractivity contribution in [3.05, 3.63) is 65.2 Å². The maximum atomic E-state index is 13.8. The summed E-state index contributed by atoms with van der Waals surface area (Å²) in [5, 5.41) is 8.31. The number of carbonyl (C=O) groups is 2. The number of hydrogen-bond acceptors (Lipinski definition) is 7. The second-order valence-electron chi connectivity index (χ2n) is 13.4. The Bertz CT molecular complexity index is 2040. The fraction of sp³-hybridized carbons (Fsp3) is 0.457. The summed E-state index contributed by atoms with van der Waals surface area (Å²) >= 11 is 0. The molecule has 1 saturated carbocycles. The van der Waals surface area contributed by atoms with Gasteiger partial charge in [-0.3, -0.25) is 18.7 Å². The van der Waals surface area contributed by atoms with Crippen LogP contribution in [0.3, 0.4) is 0 Å². The highest BCUT2D eigenvalue weighted by atomic mass is 16.5. The summed E-state index contributed by atoms with van der Waals surface area (Å²) < 4.78 is 11.8. The number of nitrogens with zero attached hydrogens (tertiary/aromatic N) is 7. The molecule has 8 rings (SSSR count). The molecule has 2 amide bonds. The summed E-state index contributed by atoms with van der Waals surface area (Å²) in [5.41, 5.74) is 12.5. The van der Waals surface area contributed by atoms with E-state index in [0.29, 0.717) is 35.1 Å². The Morgan fingerprint density at radius 2 is 1.94 bits per heavy atom. The summed E-state index contributed by atoms with van der Waals surface area (Å²) in [7, 11) is 1.63. The number of aromatic nitrogens is 6. The van der Waals surface area contributed by atoms with Crippen LogP contribution in [0, 0.1) is 12.8 Å². The van der Waals surface area contributed by atoms with Gasteiger partial charge < -0.3 is 25.3 Å². The van der Waals surface area contributed by atoms with Gasteiger partial charge in [0.2, 0.25) is 0 Å². The van der Waals surface area contributed by atoms with E-state index in [1.807, 2.05) is 48.3 Å². The Labute approximate surface area is 272 Å². The van der Waals surface area contributed by atoms with E-state index < -0.39 is 0 Å². The third kappa shape index (κ3) is 4.97. The Hall–Kier alpha value is -4.71. The van der Waals surface area contributed by atoms with Crippen molar-refractivity contribution in [1.82, 2.24) is 38.9 Å². The van der Waals surface area contributed by atoms with Gasteiger partial charge in [0.1, 0.15) is 17.0 Å². The number of nitrogens with one attached hydrogen (secondary N) is 1. The van der Waals surface area contributed by atoms with Crippen LogP contribution in [-0.4, -0.2) is 70.7 Å². The molecule has 0 radical (unpaired) electrons. The first-order chi connectivity index (χ1) is 22.7. The Morgan fingerprint density at radius 1 is 1.11 bits per heavy atom. The van der Waals surface area contributed by atoms with Gasteiger partial charge in [-0.2, -0.15) is 5.10 Å². The fourth-order valence-corrected chi connectivity index (χ4v) is 7.62. The average Bonchev–Trinajstić information content (AvgIpc) is 3.43. The van der Waals surface area contributed by atoms with Crippen LogP contribution >= 0.6 is 0 Å². The average molecular weight is 636 g/mol. The van der Waals surface area contributed by atoms with Gasteiger partial charge >= 0.3 is 0 Å². The minimum Gasteiger partial charge on any atom is -0.482 e. The van der Waals surface area contributed by atoms with E-state index >= 15 is 0 Å². The number of ether oxygens (including phenoxy) is 1. The minimum absolute atomic E-state index is 0.00608. The van der Waals surface area contributed by atoms with E-state index in [-0.39, 0.29) is 36.0 Å². The molecule has 2 aliphatic heterocycles. The quantitative estimate of drug-likeness (QED) is 0.244. The van der Waals surface area contributed by atoms with Crippen LogP contribution in [0.4, 0.5) is 0 Å². The minimum atomic E-state index is -0.304. The van der Waals surface area contributed by atoms with Gasteiger partial charge in [-0.1, -0.05) is 0 Å². The largest absolute Gasteiger partial charge is 0.482 e. The van der Waals surface area contributed by atoms with Crippen molar-refractivity contribution in [3.8, 4) is 17.3 Å². The van der Waals surface area contributed by atoms with Crippen molar-refractivity contribution in [2.45, 2.75) is 90.1 Å². The molecule has 5 aromatic heterocycles. The van der Waals surface area contributed by atoms with Gasteiger partial charge in [-0.05, 0) is 83.1 Å². The first-order valence-electron chi connectivity index (χ1n) is 16.7. The molecule has 0 unspecified atom stereocenters. The number of hydrogen-bond donors (Lipinski definition) is 2. The lowest BCUT2D eigenvalue weighted by Gasteiger charge is -2.23. The molecule has 2 saturated heterocycles. The highest BCUT2D eigenvalue weighted by molar-refractivity contribution is 5.97. The van der Waals surface area contributed by atoms with E-state index in [0.717, 1.165) is 59.6 Å². The summed E-state index contributed by atoms with van der Waals surface area (Å²) in [5.74, 6) is 0.964. The molecule has 0 aromatic carbocycles. The molecule has 1 aliphatic carbocycles. The third-order valence-corrected chi connectivity index (χ3v) is 10.3. The monoisotopic (exact) mass is 635 g/mol.